The maximum Gasteiger partial charge on any atom is 0.219 e. The van der Waals surface area contributed by atoms with Crippen molar-refractivity contribution in [1.82, 2.24) is 10.2 Å². The summed E-state index contributed by atoms with van der Waals surface area (Å²) in [5, 5.41) is 17.6. The number of nitrogens with zero attached hydrogens (tertiary/aromatic N) is 3. The minimum absolute atomic E-state index is 0.325. The second-order valence-corrected chi connectivity index (χ2v) is 4.13. The molecule has 0 spiro atoms. The first-order valence-electron chi connectivity index (χ1n) is 4.74. The monoisotopic (exact) mass is 247 g/mol. The van der Waals surface area contributed by atoms with Crippen molar-refractivity contribution < 1.29 is 4.74 Å². The van der Waals surface area contributed by atoms with E-state index in [4.69, 9.17) is 15.8 Å². The number of nitriles is 1. The van der Waals surface area contributed by atoms with Crippen molar-refractivity contribution in [3.63, 3.8) is 0 Å². The van der Waals surface area contributed by atoms with Gasteiger partial charge in [-0.3, -0.25) is 5.43 Å². The molecule has 0 unspecified atom stereocenters. The van der Waals surface area contributed by atoms with Crippen LogP contribution in [0.1, 0.15) is 10.6 Å². The Morgan fingerprint density at radius 3 is 2.71 bits per heavy atom. The number of nitrogens with one attached hydrogen (secondary N) is 1. The minimum Gasteiger partial charge on any atom is -0.486 e. The van der Waals surface area contributed by atoms with Crippen LogP contribution in [0.25, 0.3) is 0 Å². The molecule has 0 aliphatic rings. The molecule has 0 aliphatic heterocycles. The molecule has 7 heteroatoms. The average Bonchev–Trinajstić information content (AvgIpc) is 2.85. The lowest BCUT2D eigenvalue weighted by molar-refractivity contribution is 0.304. The zero-order valence-electron chi connectivity index (χ0n) is 8.75. The maximum atomic E-state index is 8.64. The SMILES string of the molecule is N#Cc1ccc(OCc2nnc(NN)s2)cc1. The molecule has 6 nitrogen and oxygen atoms in total. The van der Waals surface area contributed by atoms with Gasteiger partial charge in [0.15, 0.2) is 5.01 Å². The van der Waals surface area contributed by atoms with E-state index in [1.807, 2.05) is 6.07 Å². The molecule has 1 aromatic carbocycles. The number of anilines is 1. The van der Waals surface area contributed by atoms with E-state index in [1.54, 1.807) is 24.3 Å². The van der Waals surface area contributed by atoms with Gasteiger partial charge in [0, 0.05) is 0 Å². The standard InChI is InChI=1S/C10H9N5OS/c11-5-7-1-3-8(4-2-7)16-6-9-14-15-10(13-12)17-9/h1-4H,6,12H2,(H,13,15). The molecular formula is C10H9N5OS. The average molecular weight is 247 g/mol. The lowest BCUT2D eigenvalue weighted by atomic mass is 10.2. The first-order chi connectivity index (χ1) is 8.31. The van der Waals surface area contributed by atoms with Crippen LogP contribution in [-0.4, -0.2) is 10.2 Å². The van der Waals surface area contributed by atoms with Gasteiger partial charge in [-0.15, -0.1) is 10.2 Å². The van der Waals surface area contributed by atoms with Gasteiger partial charge in [-0.05, 0) is 24.3 Å². The maximum absolute atomic E-state index is 8.64. The molecule has 17 heavy (non-hydrogen) atoms. The van der Waals surface area contributed by atoms with Crippen molar-refractivity contribution >= 4 is 16.5 Å². The van der Waals surface area contributed by atoms with Crippen LogP contribution in [0.5, 0.6) is 5.75 Å². The molecule has 0 saturated heterocycles. The molecule has 0 atom stereocenters. The van der Waals surface area contributed by atoms with Gasteiger partial charge >= 0.3 is 0 Å². The van der Waals surface area contributed by atoms with Crippen LogP contribution in [0.4, 0.5) is 5.13 Å². The van der Waals surface area contributed by atoms with Crippen molar-refractivity contribution in [2.24, 2.45) is 5.84 Å². The van der Waals surface area contributed by atoms with Gasteiger partial charge < -0.3 is 4.74 Å². The molecule has 1 aromatic heterocycles. The number of aromatic nitrogens is 2. The summed E-state index contributed by atoms with van der Waals surface area (Å²) < 4.78 is 5.48. The Balaban J connectivity index is 1.95. The summed E-state index contributed by atoms with van der Waals surface area (Å²) in [6, 6.07) is 8.91. The number of ether oxygens (including phenoxy) is 1. The Morgan fingerprint density at radius 2 is 2.12 bits per heavy atom. The third-order valence-corrected chi connectivity index (χ3v) is 2.76. The summed E-state index contributed by atoms with van der Waals surface area (Å²) in [6.07, 6.45) is 0. The molecule has 0 amide bonds. The molecule has 0 fully saturated rings. The summed E-state index contributed by atoms with van der Waals surface area (Å²) >= 11 is 1.32. The van der Waals surface area contributed by atoms with Crippen LogP contribution in [0.15, 0.2) is 24.3 Å². The van der Waals surface area contributed by atoms with Gasteiger partial charge in [-0.25, -0.2) is 5.84 Å². The molecule has 3 N–H and O–H groups in total. The van der Waals surface area contributed by atoms with Crippen molar-refractivity contribution in [2.75, 3.05) is 5.43 Å². The fraction of sp³-hybridized carbons (Fsp3) is 0.100. The van der Waals surface area contributed by atoms with Crippen LogP contribution in [-0.2, 0) is 6.61 Å². The third kappa shape index (κ3) is 2.90. The molecular weight excluding hydrogens is 238 g/mol. The number of hydrazine groups is 1. The Labute approximate surface area is 102 Å². The summed E-state index contributed by atoms with van der Waals surface area (Å²) in [4.78, 5) is 0. The lowest BCUT2D eigenvalue weighted by Gasteiger charge is -2.02. The molecule has 2 aromatic rings. The predicted molar refractivity (Wildman–Crippen MR) is 63.2 cm³/mol. The van der Waals surface area contributed by atoms with Crippen molar-refractivity contribution in [1.29, 1.82) is 5.26 Å². The number of nitrogens with two attached hydrogens (primary N) is 1. The van der Waals surface area contributed by atoms with Crippen molar-refractivity contribution in [3.8, 4) is 11.8 Å². The molecule has 0 saturated carbocycles. The lowest BCUT2D eigenvalue weighted by Crippen LogP contribution is -2.05. The van der Waals surface area contributed by atoms with Crippen molar-refractivity contribution in [3.05, 3.63) is 34.8 Å². The summed E-state index contributed by atoms with van der Waals surface area (Å²) in [5.74, 6) is 5.87. The second-order valence-electron chi connectivity index (χ2n) is 3.07. The number of hydrogen-bond acceptors (Lipinski definition) is 7. The van der Waals surface area contributed by atoms with E-state index >= 15 is 0 Å². The normalized spacial score (nSPS) is 9.65. The minimum atomic E-state index is 0.325. The highest BCUT2D eigenvalue weighted by atomic mass is 32.1. The molecule has 0 bridgehead atoms. The predicted octanol–water partition coefficient (Wildman–Crippen LogP) is 1.27. The Bertz CT molecular complexity index is 530. The zero-order valence-corrected chi connectivity index (χ0v) is 9.57. The number of nitrogen functional groups attached to an aromatic ring is 1. The highest BCUT2D eigenvalue weighted by Gasteiger charge is 2.03. The van der Waals surface area contributed by atoms with E-state index in [-0.39, 0.29) is 0 Å². The van der Waals surface area contributed by atoms with E-state index in [2.05, 4.69) is 15.6 Å². The smallest absolute Gasteiger partial charge is 0.219 e. The van der Waals surface area contributed by atoms with E-state index < -0.39 is 0 Å². The van der Waals surface area contributed by atoms with Crippen LogP contribution < -0.4 is 16.0 Å². The molecule has 0 aliphatic carbocycles. The highest BCUT2D eigenvalue weighted by molar-refractivity contribution is 7.15. The van der Waals surface area contributed by atoms with Gasteiger partial charge in [0.05, 0.1) is 11.6 Å². The fourth-order valence-electron chi connectivity index (χ4n) is 1.14. The van der Waals surface area contributed by atoms with E-state index in [1.165, 1.54) is 11.3 Å². The number of rotatable bonds is 4. The Kier molecular flexibility index (Phi) is 3.49. The van der Waals surface area contributed by atoms with Gasteiger partial charge in [0.1, 0.15) is 12.4 Å². The van der Waals surface area contributed by atoms with Crippen LogP contribution >= 0.6 is 11.3 Å². The fourth-order valence-corrected chi connectivity index (χ4v) is 1.70. The second kappa shape index (κ2) is 5.25. The first kappa shape index (κ1) is 11.3. The summed E-state index contributed by atoms with van der Waals surface area (Å²) in [5.41, 5.74) is 3.01. The molecule has 2 rings (SSSR count). The zero-order chi connectivity index (χ0) is 12.1. The Hall–Kier alpha value is -2.17. The van der Waals surface area contributed by atoms with Crippen LogP contribution in [0, 0.1) is 11.3 Å². The molecule has 86 valence electrons. The number of benzene rings is 1. The van der Waals surface area contributed by atoms with Crippen LogP contribution in [0.3, 0.4) is 0 Å². The van der Waals surface area contributed by atoms with E-state index in [0.29, 0.717) is 23.1 Å². The Morgan fingerprint density at radius 1 is 1.35 bits per heavy atom. The number of hydrogen-bond donors (Lipinski definition) is 2. The topological polar surface area (TPSA) is 96.8 Å². The first-order valence-corrected chi connectivity index (χ1v) is 5.55. The quantitative estimate of drug-likeness (QED) is 0.624. The molecule has 0 radical (unpaired) electrons. The van der Waals surface area contributed by atoms with Crippen LogP contribution in [0.2, 0.25) is 0 Å². The third-order valence-electron chi connectivity index (χ3n) is 1.94. The largest absolute Gasteiger partial charge is 0.486 e. The van der Waals surface area contributed by atoms with E-state index in [9.17, 15) is 0 Å². The molecule has 1 heterocycles. The van der Waals surface area contributed by atoms with Gasteiger partial charge in [0.2, 0.25) is 5.13 Å². The summed E-state index contributed by atoms with van der Waals surface area (Å²) in [6.45, 7) is 0.325. The van der Waals surface area contributed by atoms with Gasteiger partial charge in [-0.1, -0.05) is 11.3 Å². The van der Waals surface area contributed by atoms with Crippen molar-refractivity contribution in [2.45, 2.75) is 6.61 Å². The highest BCUT2D eigenvalue weighted by Crippen LogP contribution is 2.17. The summed E-state index contributed by atoms with van der Waals surface area (Å²) in [7, 11) is 0. The van der Waals surface area contributed by atoms with Gasteiger partial charge in [-0.2, -0.15) is 5.26 Å². The van der Waals surface area contributed by atoms with Gasteiger partial charge in [0.25, 0.3) is 0 Å². The van der Waals surface area contributed by atoms with E-state index in [0.717, 1.165) is 5.01 Å².